The molecule has 3 rings (SSSR count). The van der Waals surface area contributed by atoms with Crippen LogP contribution in [0.1, 0.15) is 20.3 Å². The van der Waals surface area contributed by atoms with Crippen molar-refractivity contribution < 1.29 is 4.79 Å². The van der Waals surface area contributed by atoms with Crippen molar-refractivity contribution in [3.8, 4) is 11.1 Å². The van der Waals surface area contributed by atoms with E-state index >= 15 is 0 Å². The van der Waals surface area contributed by atoms with Crippen molar-refractivity contribution in [1.82, 2.24) is 9.88 Å². The SMILES string of the molecule is CC(C)C(=O)N(C)c1cnc(N2CCC(N(C)C)C2)cc1-c1ccccc1Cl. The Kier molecular flexibility index (Phi) is 6.26. The zero-order valence-corrected chi connectivity index (χ0v) is 18.1. The number of carbonyl (C=O) groups excluding carboxylic acids is 1. The fourth-order valence-corrected chi connectivity index (χ4v) is 3.89. The number of nitrogens with zero attached hydrogens (tertiary/aromatic N) is 4. The molecule has 0 spiro atoms. The van der Waals surface area contributed by atoms with Gasteiger partial charge in [-0.1, -0.05) is 43.6 Å². The van der Waals surface area contributed by atoms with Gasteiger partial charge < -0.3 is 14.7 Å². The first-order valence-electron chi connectivity index (χ1n) is 9.73. The molecule has 1 aromatic heterocycles. The van der Waals surface area contributed by atoms with Gasteiger partial charge in [0.2, 0.25) is 5.91 Å². The molecule has 6 heteroatoms. The lowest BCUT2D eigenvalue weighted by atomic mass is 10.0. The predicted octanol–water partition coefficient (Wildman–Crippen LogP) is 4.16. The molecule has 0 saturated carbocycles. The maximum atomic E-state index is 12.6. The number of rotatable bonds is 5. The molecule has 2 heterocycles. The fraction of sp³-hybridized carbons (Fsp3) is 0.455. The summed E-state index contributed by atoms with van der Waals surface area (Å²) in [6.07, 6.45) is 2.92. The molecule has 28 heavy (non-hydrogen) atoms. The number of halogens is 1. The second-order valence-corrected chi connectivity index (χ2v) is 8.35. The maximum absolute atomic E-state index is 12.6. The van der Waals surface area contributed by atoms with Crippen LogP contribution in [0.2, 0.25) is 5.02 Å². The Morgan fingerprint density at radius 1 is 1.21 bits per heavy atom. The van der Waals surface area contributed by atoms with E-state index < -0.39 is 0 Å². The van der Waals surface area contributed by atoms with E-state index in [4.69, 9.17) is 16.6 Å². The highest BCUT2D eigenvalue weighted by molar-refractivity contribution is 6.33. The average Bonchev–Trinajstić information content (AvgIpc) is 3.17. The highest BCUT2D eigenvalue weighted by Gasteiger charge is 2.27. The Labute approximate surface area is 172 Å². The zero-order valence-electron chi connectivity index (χ0n) is 17.3. The third-order valence-electron chi connectivity index (χ3n) is 5.44. The number of carbonyl (C=O) groups is 1. The van der Waals surface area contributed by atoms with Crippen molar-refractivity contribution in [2.75, 3.05) is 44.0 Å². The Morgan fingerprint density at radius 3 is 2.54 bits per heavy atom. The smallest absolute Gasteiger partial charge is 0.229 e. The molecule has 1 aliphatic heterocycles. The largest absolute Gasteiger partial charge is 0.355 e. The molecule has 1 aromatic carbocycles. The minimum Gasteiger partial charge on any atom is -0.355 e. The summed E-state index contributed by atoms with van der Waals surface area (Å²) in [5.74, 6) is 0.883. The minimum absolute atomic E-state index is 0.0525. The van der Waals surface area contributed by atoms with Gasteiger partial charge in [-0.25, -0.2) is 4.98 Å². The maximum Gasteiger partial charge on any atom is 0.229 e. The van der Waals surface area contributed by atoms with Gasteiger partial charge in [0.1, 0.15) is 5.82 Å². The standard InChI is InChI=1S/C22H29ClN4O/c1-15(2)22(28)26(5)20-13-24-21(27-11-10-16(14-27)25(3)4)12-18(20)17-8-6-7-9-19(17)23/h6-9,12-13,15-16H,10-11,14H2,1-5H3. The Morgan fingerprint density at radius 2 is 1.93 bits per heavy atom. The monoisotopic (exact) mass is 400 g/mol. The molecule has 1 aliphatic rings. The summed E-state index contributed by atoms with van der Waals surface area (Å²) in [5.41, 5.74) is 2.62. The van der Waals surface area contributed by atoms with Crippen LogP contribution < -0.4 is 9.80 Å². The van der Waals surface area contributed by atoms with Gasteiger partial charge in [0, 0.05) is 48.2 Å². The summed E-state index contributed by atoms with van der Waals surface area (Å²) in [5, 5.41) is 0.666. The van der Waals surface area contributed by atoms with Gasteiger partial charge >= 0.3 is 0 Å². The summed E-state index contributed by atoms with van der Waals surface area (Å²) >= 11 is 6.51. The summed E-state index contributed by atoms with van der Waals surface area (Å²) < 4.78 is 0. The molecular weight excluding hydrogens is 372 g/mol. The van der Waals surface area contributed by atoms with E-state index in [1.165, 1.54) is 0 Å². The van der Waals surface area contributed by atoms with Crippen LogP contribution in [-0.4, -0.2) is 56.1 Å². The van der Waals surface area contributed by atoms with Gasteiger partial charge in [-0.15, -0.1) is 0 Å². The third-order valence-corrected chi connectivity index (χ3v) is 5.77. The van der Waals surface area contributed by atoms with Crippen molar-refractivity contribution in [1.29, 1.82) is 0 Å². The number of amides is 1. The lowest BCUT2D eigenvalue weighted by Crippen LogP contribution is -2.32. The molecule has 1 fully saturated rings. The number of anilines is 2. The number of hydrogen-bond acceptors (Lipinski definition) is 4. The lowest BCUT2D eigenvalue weighted by molar-refractivity contribution is -0.121. The predicted molar refractivity (Wildman–Crippen MR) is 117 cm³/mol. The molecule has 1 saturated heterocycles. The molecule has 0 radical (unpaired) electrons. The molecule has 150 valence electrons. The average molecular weight is 401 g/mol. The van der Waals surface area contributed by atoms with Crippen LogP contribution >= 0.6 is 11.6 Å². The van der Waals surface area contributed by atoms with E-state index in [9.17, 15) is 4.79 Å². The Bertz CT molecular complexity index is 852. The first kappa shape index (κ1) is 20.6. The number of likely N-dealkylation sites (N-methyl/N-ethyl adjacent to an activating group) is 1. The summed E-state index contributed by atoms with van der Waals surface area (Å²) in [4.78, 5) is 23.6. The van der Waals surface area contributed by atoms with Crippen LogP contribution in [0.5, 0.6) is 0 Å². The lowest BCUT2D eigenvalue weighted by Gasteiger charge is -2.25. The molecule has 0 aliphatic carbocycles. The third kappa shape index (κ3) is 4.15. The van der Waals surface area contributed by atoms with Crippen LogP contribution in [0, 0.1) is 5.92 Å². The van der Waals surface area contributed by atoms with Crippen molar-refractivity contribution in [3.05, 3.63) is 41.6 Å². The topological polar surface area (TPSA) is 39.7 Å². The van der Waals surface area contributed by atoms with Crippen molar-refractivity contribution in [2.24, 2.45) is 5.92 Å². The molecular formula is C22H29ClN4O. The number of benzene rings is 1. The quantitative estimate of drug-likeness (QED) is 0.755. The van der Waals surface area contributed by atoms with Gasteiger partial charge in [0.25, 0.3) is 0 Å². The highest BCUT2D eigenvalue weighted by Crippen LogP contribution is 2.37. The van der Waals surface area contributed by atoms with Crippen molar-refractivity contribution >= 4 is 29.0 Å². The molecule has 5 nitrogen and oxygen atoms in total. The second kappa shape index (κ2) is 8.50. The van der Waals surface area contributed by atoms with Gasteiger partial charge in [-0.05, 0) is 32.6 Å². The van der Waals surface area contributed by atoms with Crippen LogP contribution in [0.15, 0.2) is 36.5 Å². The van der Waals surface area contributed by atoms with Gasteiger partial charge in [-0.2, -0.15) is 0 Å². The minimum atomic E-state index is -0.0943. The Balaban J connectivity index is 2.04. The first-order valence-corrected chi connectivity index (χ1v) is 10.1. The summed E-state index contributed by atoms with van der Waals surface area (Å²) in [6.45, 7) is 5.73. The second-order valence-electron chi connectivity index (χ2n) is 7.94. The van der Waals surface area contributed by atoms with Gasteiger partial charge in [0.15, 0.2) is 0 Å². The van der Waals surface area contributed by atoms with Crippen molar-refractivity contribution in [2.45, 2.75) is 26.3 Å². The van der Waals surface area contributed by atoms with Crippen LogP contribution in [0.4, 0.5) is 11.5 Å². The van der Waals surface area contributed by atoms with E-state index in [1.807, 2.05) is 38.1 Å². The molecule has 0 bridgehead atoms. The van der Waals surface area contributed by atoms with Crippen LogP contribution in [0.3, 0.4) is 0 Å². The molecule has 0 N–H and O–H groups in total. The normalized spacial score (nSPS) is 16.9. The van der Waals surface area contributed by atoms with Crippen LogP contribution in [-0.2, 0) is 4.79 Å². The Hall–Kier alpha value is -2.11. The molecule has 1 unspecified atom stereocenters. The number of pyridine rings is 1. The zero-order chi connectivity index (χ0) is 20.4. The van der Waals surface area contributed by atoms with Crippen molar-refractivity contribution in [3.63, 3.8) is 0 Å². The van der Waals surface area contributed by atoms with Crippen LogP contribution in [0.25, 0.3) is 11.1 Å². The van der Waals surface area contributed by atoms with Gasteiger partial charge in [-0.3, -0.25) is 4.79 Å². The van der Waals surface area contributed by atoms with E-state index in [0.717, 1.165) is 42.1 Å². The fourth-order valence-electron chi connectivity index (χ4n) is 3.65. The summed E-state index contributed by atoms with van der Waals surface area (Å²) in [6, 6.07) is 10.3. The number of hydrogen-bond donors (Lipinski definition) is 0. The van der Waals surface area contributed by atoms with E-state index in [1.54, 1.807) is 18.1 Å². The highest BCUT2D eigenvalue weighted by atomic mass is 35.5. The van der Waals surface area contributed by atoms with E-state index in [0.29, 0.717) is 11.1 Å². The van der Waals surface area contributed by atoms with Gasteiger partial charge in [0.05, 0.1) is 11.9 Å². The first-order chi connectivity index (χ1) is 13.3. The summed E-state index contributed by atoms with van der Waals surface area (Å²) in [7, 11) is 6.04. The molecule has 1 amide bonds. The van der Waals surface area contributed by atoms with E-state index in [2.05, 4.69) is 30.0 Å². The molecule has 2 aromatic rings. The van der Waals surface area contributed by atoms with E-state index in [-0.39, 0.29) is 11.8 Å². The molecule has 1 atom stereocenters. The number of aromatic nitrogens is 1.